The van der Waals surface area contributed by atoms with Gasteiger partial charge in [0.25, 0.3) is 0 Å². The van der Waals surface area contributed by atoms with Gasteiger partial charge in [-0.3, -0.25) is 4.79 Å². The Morgan fingerprint density at radius 3 is 1.80 bits per heavy atom. The third kappa shape index (κ3) is 13.3. The average molecular weight is 867 g/mol. The lowest BCUT2D eigenvalue weighted by atomic mass is 9.96. The lowest BCUT2D eigenvalue weighted by Crippen LogP contribution is -2.66. The fraction of sp³-hybridized carbons (Fsp3) is 0.543. The highest BCUT2D eigenvalue weighted by molar-refractivity contribution is 6.74. The molecule has 334 valence electrons. The average Bonchev–Trinajstić information content (AvgIpc) is 3.24. The van der Waals surface area contributed by atoms with Crippen molar-refractivity contribution in [1.29, 1.82) is 0 Å². The Kier molecular flexibility index (Phi) is 17.7. The van der Waals surface area contributed by atoms with Gasteiger partial charge in [0.15, 0.2) is 33.1 Å². The first-order chi connectivity index (χ1) is 29.1. The monoisotopic (exact) mass is 866 g/mol. The van der Waals surface area contributed by atoms with Crippen molar-refractivity contribution in [2.75, 3.05) is 27.4 Å². The molecule has 2 saturated heterocycles. The molecule has 5 rings (SSSR count). The lowest BCUT2D eigenvalue weighted by molar-refractivity contribution is -0.362. The molecule has 3 aromatic carbocycles. The number of benzene rings is 3. The summed E-state index contributed by atoms with van der Waals surface area (Å²) in [5.41, 5.74) is 2.02. The van der Waals surface area contributed by atoms with E-state index in [2.05, 4.69) is 33.9 Å². The number of esters is 2. The number of aliphatic hydroxyl groups excluding tert-OH is 1. The van der Waals surface area contributed by atoms with Crippen LogP contribution in [0.2, 0.25) is 18.1 Å². The Labute approximate surface area is 360 Å². The zero-order valence-corrected chi connectivity index (χ0v) is 37.4. The van der Waals surface area contributed by atoms with E-state index in [9.17, 15) is 19.5 Å². The molecule has 3 aromatic rings. The molecule has 0 spiro atoms. The summed E-state index contributed by atoms with van der Waals surface area (Å²) >= 11 is 0. The molecule has 0 saturated carbocycles. The van der Waals surface area contributed by atoms with E-state index < -0.39 is 81.7 Å². The molecule has 15 heteroatoms. The van der Waals surface area contributed by atoms with Crippen molar-refractivity contribution in [1.82, 2.24) is 0 Å². The van der Waals surface area contributed by atoms with E-state index >= 15 is 0 Å². The van der Waals surface area contributed by atoms with Crippen molar-refractivity contribution in [2.45, 2.75) is 133 Å². The number of rotatable bonds is 20. The molecule has 2 aliphatic rings. The van der Waals surface area contributed by atoms with Crippen LogP contribution >= 0.6 is 0 Å². The second kappa shape index (κ2) is 22.5. The summed E-state index contributed by atoms with van der Waals surface area (Å²) in [7, 11) is 0.448. The molecule has 0 aliphatic carbocycles. The zero-order chi connectivity index (χ0) is 44.2. The van der Waals surface area contributed by atoms with E-state index in [4.69, 9.17) is 47.1 Å². The number of methoxy groups -OCH3 is 2. The van der Waals surface area contributed by atoms with E-state index in [-0.39, 0.29) is 55.7 Å². The standard InChI is InChI=1S/C46H62O14Si/c1-30(47)24-25-36(48)58-37-35(29-55-61(7,8)46(2,3)4)57-45(42(40(37)52-6)59-43(49)33-22-16-11-17-23-33)60-38-34(28-53-26-31-18-12-9-13-19-31)56-44(50)41(39(38)51-5)54-27-32-20-14-10-15-21-32/h9-23,34-35,37-42,44-45,50H,24-29H2,1-8H3/t34-,35+,37-,38-,39+,40+,41-,42-,44+,45+/m1/s1. The first-order valence-electron chi connectivity index (χ1n) is 20.7. The van der Waals surface area contributed by atoms with Crippen LogP contribution < -0.4 is 0 Å². The molecule has 0 unspecified atom stereocenters. The Morgan fingerprint density at radius 1 is 0.672 bits per heavy atom. The minimum absolute atomic E-state index is 0.0273. The summed E-state index contributed by atoms with van der Waals surface area (Å²) in [6, 6.07) is 27.4. The van der Waals surface area contributed by atoms with E-state index in [1.807, 2.05) is 60.7 Å². The smallest absolute Gasteiger partial charge is 0.338 e. The fourth-order valence-corrected chi connectivity index (χ4v) is 7.86. The normalized spacial score (nSPS) is 27.0. The van der Waals surface area contributed by atoms with E-state index in [1.165, 1.54) is 21.1 Å². The SMILES string of the molecule is CO[C@@H]1[C@@H](OC(=O)c2ccccc2)[C@H](O[C@H]2[C@H](OC)[C@@H](OCc3ccccc3)[C@@H](O)O[C@@H]2COCc2ccccc2)O[C@@H](CO[Si](C)(C)C(C)(C)C)[C@H]1OC(=O)CCC(C)=O. The summed E-state index contributed by atoms with van der Waals surface area (Å²) in [5.74, 6) is -1.56. The topological polar surface area (TPSA) is 164 Å². The van der Waals surface area contributed by atoms with Crippen LogP contribution in [-0.4, -0.2) is 120 Å². The van der Waals surface area contributed by atoms with Crippen LogP contribution in [0.25, 0.3) is 0 Å². The minimum atomic E-state index is -2.43. The van der Waals surface area contributed by atoms with E-state index in [1.54, 1.807) is 30.3 Å². The predicted molar refractivity (Wildman–Crippen MR) is 226 cm³/mol. The van der Waals surface area contributed by atoms with Crippen LogP contribution in [0, 0.1) is 0 Å². The van der Waals surface area contributed by atoms with Gasteiger partial charge in [0.2, 0.25) is 0 Å². The van der Waals surface area contributed by atoms with Gasteiger partial charge in [-0.05, 0) is 48.3 Å². The van der Waals surface area contributed by atoms with Gasteiger partial charge in [-0.1, -0.05) is 99.6 Å². The van der Waals surface area contributed by atoms with Crippen molar-refractivity contribution in [3.05, 3.63) is 108 Å². The van der Waals surface area contributed by atoms with Crippen LogP contribution in [0.3, 0.4) is 0 Å². The lowest BCUT2D eigenvalue weighted by Gasteiger charge is -2.49. The maximum absolute atomic E-state index is 13.9. The molecule has 2 heterocycles. The number of hydrogen-bond donors (Lipinski definition) is 1. The molecule has 61 heavy (non-hydrogen) atoms. The molecule has 0 radical (unpaired) electrons. The van der Waals surface area contributed by atoms with Crippen LogP contribution in [0.5, 0.6) is 0 Å². The van der Waals surface area contributed by atoms with Crippen molar-refractivity contribution in [2.24, 2.45) is 0 Å². The maximum Gasteiger partial charge on any atom is 0.338 e. The summed E-state index contributed by atoms with van der Waals surface area (Å²) in [5, 5.41) is 11.3. The summed E-state index contributed by atoms with van der Waals surface area (Å²) in [6.45, 7) is 12.1. The molecular weight excluding hydrogens is 805 g/mol. The van der Waals surface area contributed by atoms with Gasteiger partial charge < -0.3 is 57.0 Å². The van der Waals surface area contributed by atoms with Gasteiger partial charge in [0.1, 0.15) is 42.4 Å². The molecule has 0 amide bonds. The first-order valence-corrected chi connectivity index (χ1v) is 23.6. The molecule has 0 aromatic heterocycles. The van der Waals surface area contributed by atoms with Crippen molar-refractivity contribution < 1.29 is 66.5 Å². The van der Waals surface area contributed by atoms with Gasteiger partial charge in [-0.15, -0.1) is 0 Å². The third-order valence-corrected chi connectivity index (χ3v) is 15.8. The van der Waals surface area contributed by atoms with Gasteiger partial charge in [0, 0.05) is 20.6 Å². The number of carbonyl (C=O) groups excluding carboxylic acids is 3. The highest BCUT2D eigenvalue weighted by Crippen LogP contribution is 2.39. The van der Waals surface area contributed by atoms with Gasteiger partial charge in [0.05, 0.1) is 38.4 Å². The maximum atomic E-state index is 13.9. The summed E-state index contributed by atoms with van der Waals surface area (Å²) in [6.07, 6.45) is -11.8. The van der Waals surface area contributed by atoms with Crippen molar-refractivity contribution >= 4 is 26.0 Å². The van der Waals surface area contributed by atoms with E-state index in [0.717, 1.165) is 11.1 Å². The fourth-order valence-electron chi connectivity index (χ4n) is 6.85. The van der Waals surface area contributed by atoms with E-state index in [0.29, 0.717) is 0 Å². The highest BCUT2D eigenvalue weighted by atomic mass is 28.4. The Hall–Kier alpha value is -3.87. The second-order valence-electron chi connectivity index (χ2n) is 16.8. The predicted octanol–water partition coefficient (Wildman–Crippen LogP) is 6.17. The molecule has 2 fully saturated rings. The number of Topliss-reactive ketones (excluding diaryl/α,β-unsaturated/α-hetero) is 1. The molecular formula is C46H62O14Si. The minimum Gasteiger partial charge on any atom is -0.457 e. The molecule has 14 nitrogen and oxygen atoms in total. The molecule has 0 bridgehead atoms. The Balaban J connectivity index is 1.53. The van der Waals surface area contributed by atoms with Crippen LogP contribution in [0.1, 0.15) is 62.0 Å². The third-order valence-electron chi connectivity index (χ3n) is 11.3. The first kappa shape index (κ1) is 48.2. The molecule has 1 N–H and O–H groups in total. The van der Waals surface area contributed by atoms with Crippen molar-refractivity contribution in [3.63, 3.8) is 0 Å². The van der Waals surface area contributed by atoms with Crippen LogP contribution in [-0.2, 0) is 69.9 Å². The van der Waals surface area contributed by atoms with Crippen molar-refractivity contribution in [3.8, 4) is 0 Å². The highest BCUT2D eigenvalue weighted by Gasteiger charge is 2.55. The largest absolute Gasteiger partial charge is 0.457 e. The number of carbonyl (C=O) groups is 3. The van der Waals surface area contributed by atoms with Gasteiger partial charge in [-0.25, -0.2) is 4.79 Å². The number of hydrogen-bond acceptors (Lipinski definition) is 14. The van der Waals surface area contributed by atoms with Gasteiger partial charge >= 0.3 is 11.9 Å². The number of ketones is 1. The van der Waals surface area contributed by atoms with Crippen LogP contribution in [0.15, 0.2) is 91.0 Å². The molecule has 10 atom stereocenters. The Bertz CT molecular complexity index is 1810. The quantitative estimate of drug-likeness (QED) is 0.101. The Morgan fingerprint density at radius 2 is 1.23 bits per heavy atom. The zero-order valence-electron chi connectivity index (χ0n) is 36.4. The summed E-state index contributed by atoms with van der Waals surface area (Å²) < 4.78 is 63.3. The molecule has 2 aliphatic heterocycles. The second-order valence-corrected chi connectivity index (χ2v) is 21.6. The van der Waals surface area contributed by atoms with Gasteiger partial charge in [-0.2, -0.15) is 0 Å². The number of ether oxygens (including phenoxy) is 9. The van der Waals surface area contributed by atoms with Crippen LogP contribution in [0.4, 0.5) is 0 Å². The number of aliphatic hydroxyl groups is 1. The summed E-state index contributed by atoms with van der Waals surface area (Å²) in [4.78, 5) is 39.1.